The molecule has 0 amide bonds. The third kappa shape index (κ3) is 4.37. The summed E-state index contributed by atoms with van der Waals surface area (Å²) < 4.78 is 33.8. The summed E-state index contributed by atoms with van der Waals surface area (Å²) in [5, 5.41) is 0. The summed E-state index contributed by atoms with van der Waals surface area (Å²) in [6, 6.07) is 0. The summed E-state index contributed by atoms with van der Waals surface area (Å²) in [6.45, 7) is 4.45. The molecule has 0 bridgehead atoms. The Morgan fingerprint density at radius 1 is 0.667 bits per heavy atom. The van der Waals surface area contributed by atoms with E-state index in [2.05, 4.69) is 0 Å². The molecule has 0 aromatic heterocycles. The highest BCUT2D eigenvalue weighted by atomic mass is 16.6. The van der Waals surface area contributed by atoms with Gasteiger partial charge in [-0.25, -0.2) is 0 Å². The number of rotatable bonds is 9. The Morgan fingerprint density at radius 2 is 1.10 bits per heavy atom. The Kier molecular flexibility index (Phi) is 4.43. The van der Waals surface area contributed by atoms with Crippen LogP contribution in [0.15, 0.2) is 0 Å². The average Bonchev–Trinajstić information content (AvgIpc) is 3.38. The zero-order valence-electron chi connectivity index (χ0n) is 12.3. The van der Waals surface area contributed by atoms with Gasteiger partial charge in [-0.05, 0) is 19.3 Å². The van der Waals surface area contributed by atoms with E-state index in [-0.39, 0.29) is 24.4 Å². The fraction of sp³-hybridized carbons (Fsp3) is 1.00. The molecule has 4 fully saturated rings. The summed E-state index contributed by atoms with van der Waals surface area (Å²) in [5.74, 6) is 0. The second kappa shape index (κ2) is 6.48. The second-order valence-corrected chi connectivity index (χ2v) is 6.34. The Bertz CT molecular complexity index is 315. The molecule has 21 heavy (non-hydrogen) atoms. The smallest absolute Gasteiger partial charge is 0.110 e. The number of hydrogen-bond acceptors (Lipinski definition) is 6. The van der Waals surface area contributed by atoms with Crippen LogP contribution in [0.25, 0.3) is 0 Å². The van der Waals surface area contributed by atoms with E-state index in [1.807, 2.05) is 0 Å². The summed E-state index contributed by atoms with van der Waals surface area (Å²) >= 11 is 0. The van der Waals surface area contributed by atoms with E-state index in [1.54, 1.807) is 0 Å². The van der Waals surface area contributed by atoms with Crippen molar-refractivity contribution < 1.29 is 28.4 Å². The minimum Gasteiger partial charge on any atom is -0.373 e. The Morgan fingerprint density at radius 3 is 1.52 bits per heavy atom. The van der Waals surface area contributed by atoms with Gasteiger partial charge >= 0.3 is 0 Å². The Hall–Kier alpha value is -0.240. The zero-order chi connectivity index (χ0) is 14.1. The highest BCUT2D eigenvalue weighted by Gasteiger charge is 2.39. The highest BCUT2D eigenvalue weighted by Crippen LogP contribution is 2.29. The summed E-state index contributed by atoms with van der Waals surface area (Å²) in [5.41, 5.74) is 0. The maximum absolute atomic E-state index is 6.08. The van der Waals surface area contributed by atoms with Crippen molar-refractivity contribution in [3.05, 3.63) is 0 Å². The first-order valence-electron chi connectivity index (χ1n) is 8.08. The van der Waals surface area contributed by atoms with Crippen LogP contribution in [0.2, 0.25) is 0 Å². The Labute approximate surface area is 125 Å². The quantitative estimate of drug-likeness (QED) is 0.579. The third-order valence-corrected chi connectivity index (χ3v) is 4.38. The van der Waals surface area contributed by atoms with Gasteiger partial charge in [-0.3, -0.25) is 0 Å². The molecule has 1 saturated carbocycles. The Balaban J connectivity index is 1.31. The first-order valence-corrected chi connectivity index (χ1v) is 8.08. The molecule has 5 atom stereocenters. The van der Waals surface area contributed by atoms with Crippen LogP contribution in [-0.2, 0) is 28.4 Å². The van der Waals surface area contributed by atoms with E-state index >= 15 is 0 Å². The number of epoxide rings is 3. The monoisotopic (exact) mass is 300 g/mol. The molecule has 0 aromatic carbocycles. The van der Waals surface area contributed by atoms with Crippen molar-refractivity contribution in [1.29, 1.82) is 0 Å². The minimum atomic E-state index is 0.000417. The van der Waals surface area contributed by atoms with Gasteiger partial charge in [0.05, 0.1) is 51.8 Å². The number of ether oxygens (including phenoxy) is 6. The van der Waals surface area contributed by atoms with Gasteiger partial charge < -0.3 is 28.4 Å². The van der Waals surface area contributed by atoms with Crippen LogP contribution in [0.3, 0.4) is 0 Å². The maximum Gasteiger partial charge on any atom is 0.110 e. The van der Waals surface area contributed by atoms with Crippen molar-refractivity contribution in [3.63, 3.8) is 0 Å². The summed E-state index contributed by atoms with van der Waals surface area (Å²) in [4.78, 5) is 0. The van der Waals surface area contributed by atoms with E-state index < -0.39 is 0 Å². The predicted octanol–water partition coefficient (Wildman–Crippen LogP) is 0.522. The van der Waals surface area contributed by atoms with Gasteiger partial charge in [0, 0.05) is 0 Å². The van der Waals surface area contributed by atoms with Gasteiger partial charge in [0.15, 0.2) is 0 Å². The molecule has 0 radical (unpaired) electrons. The topological polar surface area (TPSA) is 65.3 Å². The van der Waals surface area contributed by atoms with Crippen molar-refractivity contribution in [2.75, 3.05) is 39.6 Å². The molecule has 6 heteroatoms. The van der Waals surface area contributed by atoms with Crippen molar-refractivity contribution in [2.24, 2.45) is 0 Å². The van der Waals surface area contributed by atoms with Crippen LogP contribution in [0.5, 0.6) is 0 Å². The van der Waals surface area contributed by atoms with Gasteiger partial charge in [0.2, 0.25) is 0 Å². The third-order valence-electron chi connectivity index (χ3n) is 4.38. The van der Waals surface area contributed by atoms with E-state index in [0.717, 1.165) is 39.1 Å². The molecule has 0 N–H and O–H groups in total. The molecule has 0 spiro atoms. The minimum absolute atomic E-state index is 0.000417. The molecule has 5 unspecified atom stereocenters. The maximum atomic E-state index is 6.08. The molecule has 6 nitrogen and oxygen atoms in total. The molecule has 0 aromatic rings. The first kappa shape index (κ1) is 14.4. The first-order chi connectivity index (χ1) is 10.4. The standard InChI is InChI=1S/C15H24O6/c1-2-13(19-7-10-4-16-10)15(21-9-12-6-18-12)14(3-1)20-8-11-5-17-11/h10-15H,1-9H2. The van der Waals surface area contributed by atoms with E-state index in [1.165, 1.54) is 0 Å². The van der Waals surface area contributed by atoms with E-state index in [0.29, 0.717) is 32.0 Å². The molecule has 120 valence electrons. The van der Waals surface area contributed by atoms with Crippen LogP contribution >= 0.6 is 0 Å². The second-order valence-electron chi connectivity index (χ2n) is 6.34. The van der Waals surface area contributed by atoms with Crippen LogP contribution in [0, 0.1) is 0 Å². The molecular weight excluding hydrogens is 276 g/mol. The largest absolute Gasteiger partial charge is 0.373 e. The van der Waals surface area contributed by atoms with Crippen molar-refractivity contribution >= 4 is 0 Å². The molecule has 3 heterocycles. The molecule has 4 aliphatic rings. The lowest BCUT2D eigenvalue weighted by molar-refractivity contribution is -0.162. The van der Waals surface area contributed by atoms with Gasteiger partial charge in [0.1, 0.15) is 24.4 Å². The van der Waals surface area contributed by atoms with Crippen molar-refractivity contribution in [2.45, 2.75) is 55.9 Å². The molecular formula is C15H24O6. The normalized spacial score (nSPS) is 44.6. The predicted molar refractivity (Wildman–Crippen MR) is 72.3 cm³/mol. The SMILES string of the molecule is C1CC(OCC2CO2)C(OCC2CO2)C(OCC2CO2)C1. The van der Waals surface area contributed by atoms with Gasteiger partial charge in [-0.15, -0.1) is 0 Å². The lowest BCUT2D eigenvalue weighted by Gasteiger charge is -2.37. The lowest BCUT2D eigenvalue weighted by atomic mass is 9.91. The molecule has 3 saturated heterocycles. The summed E-state index contributed by atoms with van der Waals surface area (Å²) in [7, 11) is 0. The van der Waals surface area contributed by atoms with Gasteiger partial charge in [0.25, 0.3) is 0 Å². The highest BCUT2D eigenvalue weighted by molar-refractivity contribution is 4.87. The van der Waals surface area contributed by atoms with E-state index in [4.69, 9.17) is 28.4 Å². The zero-order valence-corrected chi connectivity index (χ0v) is 12.3. The summed E-state index contributed by atoms with van der Waals surface area (Å²) in [6.07, 6.45) is 4.24. The van der Waals surface area contributed by atoms with Crippen molar-refractivity contribution in [1.82, 2.24) is 0 Å². The van der Waals surface area contributed by atoms with Crippen LogP contribution in [-0.4, -0.2) is 76.3 Å². The molecule has 3 aliphatic heterocycles. The van der Waals surface area contributed by atoms with Crippen LogP contribution in [0.1, 0.15) is 19.3 Å². The molecule has 1 aliphatic carbocycles. The fourth-order valence-electron chi connectivity index (χ4n) is 2.83. The number of hydrogen-bond donors (Lipinski definition) is 0. The van der Waals surface area contributed by atoms with Gasteiger partial charge in [-0.2, -0.15) is 0 Å². The van der Waals surface area contributed by atoms with Gasteiger partial charge in [-0.1, -0.05) is 0 Å². The average molecular weight is 300 g/mol. The van der Waals surface area contributed by atoms with Crippen molar-refractivity contribution in [3.8, 4) is 0 Å². The lowest BCUT2D eigenvalue weighted by Crippen LogP contribution is -2.47. The fourth-order valence-corrected chi connectivity index (χ4v) is 2.83. The molecule has 4 rings (SSSR count). The van der Waals surface area contributed by atoms with Crippen LogP contribution in [0.4, 0.5) is 0 Å². The van der Waals surface area contributed by atoms with E-state index in [9.17, 15) is 0 Å². The van der Waals surface area contributed by atoms with Crippen LogP contribution < -0.4 is 0 Å².